The molecule has 0 saturated heterocycles. The fourth-order valence-corrected chi connectivity index (χ4v) is 6.29. The first kappa shape index (κ1) is 33.8. The number of nitrogens with zero attached hydrogens (tertiary/aromatic N) is 1. The first-order valence-electron chi connectivity index (χ1n) is 15.7. The minimum Gasteiger partial charge on any atom is -0.508 e. The van der Waals surface area contributed by atoms with Crippen LogP contribution in [0.15, 0.2) is 42.5 Å². The summed E-state index contributed by atoms with van der Waals surface area (Å²) in [5.41, 5.74) is 2.87. The molecule has 10 nitrogen and oxygen atoms in total. The van der Waals surface area contributed by atoms with E-state index < -0.39 is 41.4 Å². The molecule has 45 heavy (non-hydrogen) atoms. The Morgan fingerprint density at radius 3 is 2.36 bits per heavy atom. The molecule has 2 aromatic carbocycles. The van der Waals surface area contributed by atoms with Crippen molar-refractivity contribution >= 4 is 23.8 Å². The number of fused-ring (bicyclic) bond motifs is 2. The van der Waals surface area contributed by atoms with Gasteiger partial charge in [-0.15, -0.1) is 0 Å². The summed E-state index contributed by atoms with van der Waals surface area (Å²) in [5, 5.41) is 19.0. The maximum absolute atomic E-state index is 14.5. The maximum Gasteiger partial charge on any atom is 0.407 e. The standard InChI is InChI=1S/C35H48N4O6/c1-34(2,3)19-27(37-33(44)45-7)30(41)38-29(35(4,5)6)32(43)39-20-23-17-24(40)16-15-22(23)18-28(39)31(42)36-26-14-10-12-21-11-8-9-13-25(21)26/h8-9,11,13,15-17,26-29,40H,10,12,14,18-20H2,1-7H3,(H,36,42)(H,37,44)(H,38,41)/t26-,27+,28+,29-/m1/s1. The van der Waals surface area contributed by atoms with Crippen molar-refractivity contribution in [3.8, 4) is 5.75 Å². The molecule has 4 N–H and O–H groups in total. The SMILES string of the molecule is COC(=O)N[C@@H](CC(C)(C)C)C(=O)N[C@H](C(=O)N1Cc2cc(O)ccc2C[C@H]1C(=O)N[C@@H]1CCCc2ccccc21)C(C)(C)C. The molecule has 0 saturated carbocycles. The summed E-state index contributed by atoms with van der Waals surface area (Å²) in [6.07, 6.45) is 2.54. The second-order valence-electron chi connectivity index (χ2n) is 14.6. The number of ether oxygens (including phenoxy) is 1. The van der Waals surface area contributed by atoms with Gasteiger partial charge < -0.3 is 30.7 Å². The summed E-state index contributed by atoms with van der Waals surface area (Å²) in [6.45, 7) is 11.5. The fraction of sp³-hybridized carbons (Fsp3) is 0.543. The van der Waals surface area contributed by atoms with Crippen LogP contribution in [0.25, 0.3) is 0 Å². The third-order valence-corrected chi connectivity index (χ3v) is 8.60. The normalized spacial score (nSPS) is 19.3. The molecule has 1 aliphatic carbocycles. The number of aromatic hydroxyl groups is 1. The third kappa shape index (κ3) is 8.35. The summed E-state index contributed by atoms with van der Waals surface area (Å²) in [6, 6.07) is 10.2. The molecule has 10 heteroatoms. The predicted molar refractivity (Wildman–Crippen MR) is 171 cm³/mol. The van der Waals surface area contributed by atoms with Gasteiger partial charge in [-0.25, -0.2) is 4.79 Å². The minimum atomic E-state index is -1.02. The Labute approximate surface area is 266 Å². The number of phenolic OH excluding ortho intramolecular Hbond substituents is 1. The second kappa shape index (κ2) is 13.5. The molecule has 2 aromatic rings. The smallest absolute Gasteiger partial charge is 0.407 e. The number of alkyl carbamates (subject to hydrolysis) is 1. The molecule has 4 rings (SSSR count). The van der Waals surface area contributed by atoms with Gasteiger partial charge in [0, 0.05) is 13.0 Å². The minimum absolute atomic E-state index is 0.0717. The fourth-order valence-electron chi connectivity index (χ4n) is 6.29. The lowest BCUT2D eigenvalue weighted by molar-refractivity contribution is -0.147. The first-order valence-corrected chi connectivity index (χ1v) is 15.7. The third-order valence-electron chi connectivity index (χ3n) is 8.60. The van der Waals surface area contributed by atoms with Crippen molar-refractivity contribution < 1.29 is 29.0 Å². The largest absolute Gasteiger partial charge is 0.508 e. The number of rotatable bonds is 7. The van der Waals surface area contributed by atoms with E-state index in [4.69, 9.17) is 4.74 Å². The van der Waals surface area contributed by atoms with Crippen LogP contribution in [0, 0.1) is 10.8 Å². The van der Waals surface area contributed by atoms with Gasteiger partial charge in [-0.3, -0.25) is 14.4 Å². The molecule has 0 spiro atoms. The average molecular weight is 621 g/mol. The van der Waals surface area contributed by atoms with Crippen molar-refractivity contribution in [1.82, 2.24) is 20.9 Å². The van der Waals surface area contributed by atoms with Crippen LogP contribution < -0.4 is 16.0 Å². The van der Waals surface area contributed by atoms with Gasteiger partial charge in [0.1, 0.15) is 23.9 Å². The van der Waals surface area contributed by atoms with Crippen LogP contribution in [0.4, 0.5) is 4.79 Å². The summed E-state index contributed by atoms with van der Waals surface area (Å²) >= 11 is 0. The quantitative estimate of drug-likeness (QED) is 0.359. The molecule has 0 fully saturated rings. The van der Waals surface area contributed by atoms with Crippen molar-refractivity contribution in [3.05, 3.63) is 64.7 Å². The van der Waals surface area contributed by atoms with Gasteiger partial charge in [-0.2, -0.15) is 0 Å². The number of benzene rings is 2. The molecule has 244 valence electrons. The van der Waals surface area contributed by atoms with E-state index in [0.717, 1.165) is 36.0 Å². The van der Waals surface area contributed by atoms with E-state index in [2.05, 4.69) is 22.0 Å². The molecular formula is C35H48N4O6. The summed E-state index contributed by atoms with van der Waals surface area (Å²) in [4.78, 5) is 55.9. The van der Waals surface area contributed by atoms with Crippen LogP contribution in [0.3, 0.4) is 0 Å². The van der Waals surface area contributed by atoms with E-state index in [1.54, 1.807) is 18.2 Å². The van der Waals surface area contributed by atoms with Crippen molar-refractivity contribution in [2.75, 3.05) is 7.11 Å². The van der Waals surface area contributed by atoms with Gasteiger partial charge in [-0.1, -0.05) is 71.9 Å². The van der Waals surface area contributed by atoms with E-state index in [1.807, 2.05) is 59.7 Å². The number of phenols is 1. The predicted octanol–water partition coefficient (Wildman–Crippen LogP) is 4.53. The maximum atomic E-state index is 14.5. The van der Waals surface area contributed by atoms with Crippen LogP contribution in [-0.2, 0) is 38.5 Å². The molecule has 0 radical (unpaired) electrons. The van der Waals surface area contributed by atoms with E-state index >= 15 is 0 Å². The number of methoxy groups -OCH3 is 1. The molecule has 1 aliphatic heterocycles. The van der Waals surface area contributed by atoms with Crippen LogP contribution in [0.2, 0.25) is 0 Å². The Balaban J connectivity index is 1.65. The topological polar surface area (TPSA) is 137 Å². The lowest BCUT2D eigenvalue weighted by Crippen LogP contribution is -2.62. The number of amides is 4. The molecule has 0 unspecified atom stereocenters. The van der Waals surface area contributed by atoms with E-state index in [1.165, 1.54) is 17.6 Å². The van der Waals surface area contributed by atoms with Crippen LogP contribution in [0.5, 0.6) is 5.75 Å². The number of aryl methyl sites for hydroxylation is 1. The zero-order valence-corrected chi connectivity index (χ0v) is 27.5. The number of carbonyl (C=O) groups is 4. The molecule has 4 amide bonds. The molecule has 0 aromatic heterocycles. The molecular weight excluding hydrogens is 572 g/mol. The van der Waals surface area contributed by atoms with Crippen LogP contribution in [-0.4, -0.2) is 59.1 Å². The number of hydrogen-bond donors (Lipinski definition) is 4. The average Bonchev–Trinajstić information content (AvgIpc) is 2.97. The summed E-state index contributed by atoms with van der Waals surface area (Å²) < 4.78 is 4.76. The van der Waals surface area contributed by atoms with Gasteiger partial charge in [0.2, 0.25) is 17.7 Å². The Bertz CT molecular complexity index is 1430. The zero-order valence-electron chi connectivity index (χ0n) is 27.5. The lowest BCUT2D eigenvalue weighted by atomic mass is 9.83. The number of nitrogens with one attached hydrogen (secondary N) is 3. The van der Waals surface area contributed by atoms with Gasteiger partial charge >= 0.3 is 6.09 Å². The highest BCUT2D eigenvalue weighted by Gasteiger charge is 2.43. The van der Waals surface area contributed by atoms with Crippen LogP contribution >= 0.6 is 0 Å². The summed E-state index contributed by atoms with van der Waals surface area (Å²) in [5.74, 6) is -1.12. The van der Waals surface area contributed by atoms with Gasteiger partial charge in [0.25, 0.3) is 0 Å². The monoisotopic (exact) mass is 620 g/mol. The Kier molecular flexibility index (Phi) is 10.1. The second-order valence-corrected chi connectivity index (χ2v) is 14.6. The van der Waals surface area contributed by atoms with E-state index in [0.29, 0.717) is 6.42 Å². The van der Waals surface area contributed by atoms with E-state index in [9.17, 15) is 24.3 Å². The summed E-state index contributed by atoms with van der Waals surface area (Å²) in [7, 11) is 1.23. The van der Waals surface area contributed by atoms with Gasteiger partial charge in [0.05, 0.1) is 13.2 Å². The lowest BCUT2D eigenvalue weighted by Gasteiger charge is -2.42. The number of carbonyl (C=O) groups excluding carboxylic acids is 4. The highest BCUT2D eigenvalue weighted by molar-refractivity contribution is 5.95. The zero-order chi connectivity index (χ0) is 33.1. The Morgan fingerprint density at radius 2 is 1.69 bits per heavy atom. The van der Waals surface area contributed by atoms with Gasteiger partial charge in [-0.05, 0) is 70.9 Å². The highest BCUT2D eigenvalue weighted by Crippen LogP contribution is 2.33. The van der Waals surface area contributed by atoms with Crippen molar-refractivity contribution in [2.45, 2.75) is 104 Å². The number of hydrogen-bond acceptors (Lipinski definition) is 6. The first-order chi connectivity index (χ1) is 21.1. The van der Waals surface area contributed by atoms with E-state index in [-0.39, 0.29) is 36.1 Å². The molecule has 0 bridgehead atoms. The van der Waals surface area contributed by atoms with Crippen molar-refractivity contribution in [1.29, 1.82) is 0 Å². The molecule has 1 heterocycles. The van der Waals surface area contributed by atoms with Crippen molar-refractivity contribution in [3.63, 3.8) is 0 Å². The Morgan fingerprint density at radius 1 is 0.978 bits per heavy atom. The molecule has 4 atom stereocenters. The highest BCUT2D eigenvalue weighted by atomic mass is 16.5. The Hall–Kier alpha value is -4.08. The van der Waals surface area contributed by atoms with Crippen LogP contribution in [0.1, 0.15) is 89.1 Å². The van der Waals surface area contributed by atoms with Crippen molar-refractivity contribution in [2.24, 2.45) is 10.8 Å². The molecule has 2 aliphatic rings. The van der Waals surface area contributed by atoms with Gasteiger partial charge in [0.15, 0.2) is 0 Å².